The first-order valence-corrected chi connectivity index (χ1v) is 12.3. The third-order valence-corrected chi connectivity index (χ3v) is 8.66. The first-order valence-electron chi connectivity index (χ1n) is 10.9. The second-order valence-corrected chi connectivity index (χ2v) is 10.8. The van der Waals surface area contributed by atoms with Crippen molar-refractivity contribution in [1.29, 1.82) is 0 Å². The summed E-state index contributed by atoms with van der Waals surface area (Å²) in [4.78, 5) is 21.2. The Morgan fingerprint density at radius 1 is 1.11 bits per heavy atom. The predicted octanol–water partition coefficient (Wildman–Crippen LogP) is 2.45. The Balaban J connectivity index is 1.38. The fourth-order valence-corrected chi connectivity index (χ4v) is 6.63. The van der Waals surface area contributed by atoms with Gasteiger partial charge in [0.25, 0.3) is 15.9 Å². The van der Waals surface area contributed by atoms with Gasteiger partial charge in [-0.05, 0) is 36.1 Å². The molecule has 1 saturated heterocycles. The van der Waals surface area contributed by atoms with Gasteiger partial charge in [0.1, 0.15) is 0 Å². The molecule has 12 heteroatoms. The highest BCUT2D eigenvalue weighted by Gasteiger charge is 2.70. The number of halogens is 3. The first-order chi connectivity index (χ1) is 16.5. The van der Waals surface area contributed by atoms with Crippen LogP contribution in [0.1, 0.15) is 21.6 Å². The number of pyridine rings is 1. The molecular weight excluding hydrogens is 483 g/mol. The molecule has 1 aromatic carbocycles. The third kappa shape index (κ3) is 3.90. The van der Waals surface area contributed by atoms with E-state index in [1.165, 1.54) is 29.0 Å². The minimum atomic E-state index is -4.66. The number of alkyl halides is 3. The molecule has 1 amide bonds. The molecule has 35 heavy (non-hydrogen) atoms. The van der Waals surface area contributed by atoms with E-state index in [0.29, 0.717) is 5.69 Å². The molecule has 5 rings (SSSR count). The molecule has 184 valence electrons. The monoisotopic (exact) mass is 505 g/mol. The van der Waals surface area contributed by atoms with Gasteiger partial charge in [0.2, 0.25) is 0 Å². The second-order valence-electron chi connectivity index (χ2n) is 8.89. The van der Waals surface area contributed by atoms with E-state index in [9.17, 15) is 26.4 Å². The van der Waals surface area contributed by atoms with Crippen LogP contribution in [-0.4, -0.2) is 52.8 Å². The molecule has 0 spiro atoms. The number of benzene rings is 1. The van der Waals surface area contributed by atoms with E-state index < -0.39 is 38.6 Å². The maximum atomic E-state index is 13.4. The summed E-state index contributed by atoms with van der Waals surface area (Å²) in [6, 6.07) is 9.95. The van der Waals surface area contributed by atoms with Crippen molar-refractivity contribution in [2.75, 3.05) is 19.6 Å². The van der Waals surface area contributed by atoms with Crippen LogP contribution in [0.2, 0.25) is 0 Å². The van der Waals surface area contributed by atoms with Gasteiger partial charge >= 0.3 is 6.18 Å². The minimum absolute atomic E-state index is 0.0400. The van der Waals surface area contributed by atoms with Gasteiger partial charge in [-0.15, -0.1) is 0 Å². The number of fused-ring (bicyclic) bond motifs is 1. The maximum Gasteiger partial charge on any atom is 0.417 e. The lowest BCUT2D eigenvalue weighted by molar-refractivity contribution is -0.137. The maximum absolute atomic E-state index is 13.4. The molecule has 3 heterocycles. The van der Waals surface area contributed by atoms with Gasteiger partial charge in [0.15, 0.2) is 5.03 Å². The lowest BCUT2D eigenvalue weighted by Crippen LogP contribution is -2.41. The predicted molar refractivity (Wildman–Crippen MR) is 119 cm³/mol. The normalized spacial score (nSPS) is 24.2. The lowest BCUT2D eigenvalue weighted by atomic mass is 9.94. The molecule has 3 aromatic rings. The van der Waals surface area contributed by atoms with Crippen LogP contribution in [0.15, 0.2) is 66.2 Å². The molecule has 8 nitrogen and oxygen atoms in total. The number of aromatic nitrogens is 3. The molecule has 2 unspecified atom stereocenters. The van der Waals surface area contributed by atoms with Crippen molar-refractivity contribution in [3.05, 3.63) is 78.0 Å². The number of carbonyl (C=O) groups is 1. The smallest absolute Gasteiger partial charge is 0.351 e. The quantitative estimate of drug-likeness (QED) is 0.555. The van der Waals surface area contributed by atoms with Gasteiger partial charge in [-0.3, -0.25) is 9.78 Å². The van der Waals surface area contributed by atoms with Gasteiger partial charge in [0.05, 0.1) is 17.5 Å². The molecule has 1 aliphatic heterocycles. The number of imidazole rings is 1. The zero-order valence-corrected chi connectivity index (χ0v) is 19.4. The summed E-state index contributed by atoms with van der Waals surface area (Å²) in [6.45, 7) is 0.451. The number of piperidine rings is 1. The Morgan fingerprint density at radius 2 is 1.80 bits per heavy atom. The van der Waals surface area contributed by atoms with E-state index in [1.54, 1.807) is 36.0 Å². The first kappa shape index (κ1) is 23.5. The lowest BCUT2D eigenvalue weighted by Gasteiger charge is -2.26. The van der Waals surface area contributed by atoms with E-state index in [4.69, 9.17) is 0 Å². The molecule has 0 bridgehead atoms. The molecule has 2 aliphatic rings. The van der Waals surface area contributed by atoms with Gasteiger partial charge in [-0.1, -0.05) is 18.2 Å². The summed E-state index contributed by atoms with van der Waals surface area (Å²) in [6.07, 6.45) is -0.211. The molecule has 0 radical (unpaired) electrons. The Bertz CT molecular complexity index is 1360. The Kier molecular flexibility index (Phi) is 5.48. The topological polar surface area (TPSA) is 97.2 Å². The molecule has 1 N–H and O–H groups in total. The largest absolute Gasteiger partial charge is 0.417 e. The summed E-state index contributed by atoms with van der Waals surface area (Å²) >= 11 is 0. The van der Waals surface area contributed by atoms with E-state index in [0.717, 1.165) is 12.1 Å². The minimum Gasteiger partial charge on any atom is -0.351 e. The highest BCUT2D eigenvalue weighted by atomic mass is 32.2. The SMILES string of the molecule is Cn1cnc(S(=O)(=O)N2CC3C(C2)C3(CNC(=O)c2ccccc2C(F)(F)F)c2ccccn2)c1. The number of rotatable bonds is 6. The Morgan fingerprint density at radius 3 is 2.40 bits per heavy atom. The van der Waals surface area contributed by atoms with Gasteiger partial charge < -0.3 is 9.88 Å². The van der Waals surface area contributed by atoms with Crippen LogP contribution in [0.3, 0.4) is 0 Å². The van der Waals surface area contributed by atoms with Crippen LogP contribution in [-0.2, 0) is 28.7 Å². The van der Waals surface area contributed by atoms with Crippen LogP contribution in [0.5, 0.6) is 0 Å². The fourth-order valence-electron chi connectivity index (χ4n) is 5.17. The van der Waals surface area contributed by atoms with E-state index in [1.807, 2.05) is 0 Å². The van der Waals surface area contributed by atoms with Gasteiger partial charge in [-0.25, -0.2) is 13.4 Å². The number of amides is 1. The van der Waals surface area contributed by atoms with Crippen LogP contribution >= 0.6 is 0 Å². The van der Waals surface area contributed by atoms with Crippen LogP contribution < -0.4 is 5.32 Å². The average Bonchev–Trinajstić information content (AvgIpc) is 3.18. The number of hydrogen-bond acceptors (Lipinski definition) is 5. The van der Waals surface area contributed by atoms with E-state index >= 15 is 0 Å². The van der Waals surface area contributed by atoms with Crippen molar-refractivity contribution in [1.82, 2.24) is 24.2 Å². The molecule has 2 fully saturated rings. The molecule has 2 atom stereocenters. The van der Waals surface area contributed by atoms with Crippen molar-refractivity contribution in [3.8, 4) is 0 Å². The number of sulfonamides is 1. The molecule has 1 aliphatic carbocycles. The summed E-state index contributed by atoms with van der Waals surface area (Å²) < 4.78 is 69.1. The van der Waals surface area contributed by atoms with Crippen LogP contribution in [0.25, 0.3) is 0 Å². The fraction of sp³-hybridized carbons (Fsp3) is 0.348. The number of carbonyl (C=O) groups excluding carboxylic acids is 1. The van der Waals surface area contributed by atoms with Crippen molar-refractivity contribution >= 4 is 15.9 Å². The van der Waals surface area contributed by atoms with Crippen molar-refractivity contribution in [3.63, 3.8) is 0 Å². The molecule has 2 aromatic heterocycles. The summed E-state index contributed by atoms with van der Waals surface area (Å²) in [5, 5.41) is 2.63. The van der Waals surface area contributed by atoms with Crippen LogP contribution in [0, 0.1) is 11.8 Å². The second kappa shape index (κ2) is 8.16. The van der Waals surface area contributed by atoms with Crippen molar-refractivity contribution in [2.45, 2.75) is 16.6 Å². The zero-order valence-electron chi connectivity index (χ0n) is 18.6. The van der Waals surface area contributed by atoms with Crippen LogP contribution in [0.4, 0.5) is 13.2 Å². The third-order valence-electron chi connectivity index (χ3n) is 6.95. The highest BCUT2D eigenvalue weighted by Crippen LogP contribution is 2.63. The standard InChI is InChI=1S/C23H22F3N5O3S/c1-30-12-20(29-14-30)35(33,34)31-10-17-18(11-31)22(17,19-8-4-5-9-27-19)13-28-21(32)15-6-2-3-7-16(15)23(24,25)26/h2-9,12,14,17-18H,10-11,13H2,1H3,(H,28,32). The Hall–Kier alpha value is -3.25. The van der Waals surface area contributed by atoms with E-state index in [2.05, 4.69) is 15.3 Å². The average molecular weight is 506 g/mol. The zero-order chi connectivity index (χ0) is 25.0. The number of nitrogens with one attached hydrogen (secondary N) is 1. The van der Waals surface area contributed by atoms with Gasteiger partial charge in [-0.2, -0.15) is 17.5 Å². The highest BCUT2D eigenvalue weighted by molar-refractivity contribution is 7.89. The van der Waals surface area contributed by atoms with E-state index in [-0.39, 0.29) is 36.5 Å². The number of hydrogen-bond donors (Lipinski definition) is 1. The van der Waals surface area contributed by atoms with Gasteiger partial charge in [0, 0.05) is 50.2 Å². The summed E-state index contributed by atoms with van der Waals surface area (Å²) in [7, 11) is -2.10. The van der Waals surface area contributed by atoms with Crippen molar-refractivity contribution in [2.24, 2.45) is 18.9 Å². The Labute approximate surface area is 199 Å². The van der Waals surface area contributed by atoms with Crippen molar-refractivity contribution < 1.29 is 26.4 Å². The summed E-state index contributed by atoms with van der Waals surface area (Å²) in [5.41, 5.74) is -1.45. The molecule has 1 saturated carbocycles. The number of nitrogens with zero attached hydrogens (tertiary/aromatic N) is 4. The number of aryl methyl sites for hydroxylation is 1. The summed E-state index contributed by atoms with van der Waals surface area (Å²) in [5.74, 6) is -1.13. The molecular formula is C23H22F3N5O3S.